The largest absolute Gasteiger partial charge is 0.337 e. The Balaban J connectivity index is 2.51. The summed E-state index contributed by atoms with van der Waals surface area (Å²) in [6.45, 7) is 5.61. The highest BCUT2D eigenvalue weighted by molar-refractivity contribution is 8.13. The maximum Gasteiger partial charge on any atom is 0.264 e. The van der Waals surface area contributed by atoms with Gasteiger partial charge in [-0.05, 0) is 19.8 Å². The molecule has 0 aliphatic heterocycles. The van der Waals surface area contributed by atoms with E-state index in [1.165, 1.54) is 0 Å². The van der Waals surface area contributed by atoms with Crippen LogP contribution in [0.1, 0.15) is 37.0 Å². The van der Waals surface area contributed by atoms with Gasteiger partial charge in [-0.1, -0.05) is 19.0 Å². The Labute approximate surface area is 121 Å². The molecule has 0 fully saturated rings. The number of hydrogen-bond acceptors (Lipinski definition) is 6. The molecule has 0 aliphatic rings. The van der Waals surface area contributed by atoms with Crippen LogP contribution in [0.25, 0.3) is 0 Å². The second kappa shape index (κ2) is 5.53. The van der Waals surface area contributed by atoms with E-state index in [4.69, 9.17) is 15.2 Å². The van der Waals surface area contributed by atoms with Crippen LogP contribution in [-0.2, 0) is 28.4 Å². The first-order chi connectivity index (χ1) is 9.36. The van der Waals surface area contributed by atoms with Gasteiger partial charge >= 0.3 is 0 Å². The molecule has 7 nitrogen and oxygen atoms in total. The molecule has 2 aromatic heterocycles. The van der Waals surface area contributed by atoms with Crippen LogP contribution in [0.2, 0.25) is 0 Å². The molecule has 0 radical (unpaired) electrons. The minimum absolute atomic E-state index is 0.0976. The number of halogens is 1. The molecule has 2 aromatic rings. The van der Waals surface area contributed by atoms with Crippen molar-refractivity contribution in [2.24, 2.45) is 0 Å². The normalized spacial score (nSPS) is 12.0. The van der Waals surface area contributed by atoms with Crippen LogP contribution in [-0.4, -0.2) is 28.3 Å². The van der Waals surface area contributed by atoms with Crippen molar-refractivity contribution in [3.63, 3.8) is 0 Å². The first-order valence-corrected chi connectivity index (χ1v) is 8.50. The Kier molecular flexibility index (Phi) is 4.14. The summed E-state index contributed by atoms with van der Waals surface area (Å²) in [6.07, 6.45) is 0.964. The summed E-state index contributed by atoms with van der Waals surface area (Å²) in [5.74, 6) is 0.895. The molecule has 0 atom stereocenters. The number of aryl methyl sites for hydroxylation is 2. The van der Waals surface area contributed by atoms with Gasteiger partial charge in [0.1, 0.15) is 11.4 Å². The molecular weight excluding hydrogens is 304 g/mol. The van der Waals surface area contributed by atoms with E-state index in [1.807, 2.05) is 13.8 Å². The van der Waals surface area contributed by atoms with Crippen molar-refractivity contribution in [3.05, 3.63) is 23.1 Å². The fourth-order valence-electron chi connectivity index (χ4n) is 2.05. The zero-order chi connectivity index (χ0) is 14.9. The standard InChI is InChI=1S/C11H15ClN4O3S/c1-4-8-11(20(12,17)18)9(5-2)16(14-8)6-10-13-7(3)15-19-10/h4-6H2,1-3H3. The molecule has 110 valence electrons. The van der Waals surface area contributed by atoms with Crippen LogP contribution in [0.4, 0.5) is 0 Å². The monoisotopic (exact) mass is 318 g/mol. The third kappa shape index (κ3) is 2.85. The highest BCUT2D eigenvalue weighted by atomic mass is 35.7. The van der Waals surface area contributed by atoms with Crippen LogP contribution in [0.15, 0.2) is 9.42 Å². The summed E-state index contributed by atoms with van der Waals surface area (Å²) in [5.41, 5.74) is 1.00. The quantitative estimate of drug-likeness (QED) is 0.779. The van der Waals surface area contributed by atoms with Gasteiger partial charge in [0.05, 0.1) is 11.4 Å². The zero-order valence-corrected chi connectivity index (χ0v) is 13.0. The molecule has 0 unspecified atom stereocenters. The number of aromatic nitrogens is 4. The lowest BCUT2D eigenvalue weighted by Crippen LogP contribution is -2.07. The third-order valence-electron chi connectivity index (χ3n) is 2.85. The second-order valence-corrected chi connectivity index (χ2v) is 6.76. The lowest BCUT2D eigenvalue weighted by molar-refractivity contribution is 0.360. The van der Waals surface area contributed by atoms with Gasteiger partial charge in [-0.25, -0.2) is 8.42 Å². The van der Waals surface area contributed by atoms with Gasteiger partial charge < -0.3 is 4.52 Å². The molecule has 2 heterocycles. The molecule has 0 aromatic carbocycles. The van der Waals surface area contributed by atoms with Crippen molar-refractivity contribution < 1.29 is 12.9 Å². The van der Waals surface area contributed by atoms with Crippen LogP contribution in [0.5, 0.6) is 0 Å². The smallest absolute Gasteiger partial charge is 0.264 e. The van der Waals surface area contributed by atoms with E-state index in [-0.39, 0.29) is 11.4 Å². The predicted octanol–water partition coefficient (Wildman–Crippen LogP) is 1.68. The molecule has 0 saturated heterocycles. The van der Waals surface area contributed by atoms with Crippen molar-refractivity contribution in [1.29, 1.82) is 0 Å². The SMILES string of the molecule is CCc1nn(Cc2nc(C)no2)c(CC)c1S(=O)(=O)Cl. The molecular formula is C11H15ClN4O3S. The third-order valence-corrected chi connectivity index (χ3v) is 4.27. The molecule has 0 saturated carbocycles. The summed E-state index contributed by atoms with van der Waals surface area (Å²) in [6, 6.07) is 0. The molecule has 0 amide bonds. The minimum Gasteiger partial charge on any atom is -0.337 e. The molecule has 0 bridgehead atoms. The van der Waals surface area contributed by atoms with E-state index in [0.29, 0.717) is 35.9 Å². The van der Waals surface area contributed by atoms with Gasteiger partial charge in [0.25, 0.3) is 9.05 Å². The van der Waals surface area contributed by atoms with Crippen molar-refractivity contribution >= 4 is 19.7 Å². The molecule has 20 heavy (non-hydrogen) atoms. The second-order valence-electron chi connectivity index (χ2n) is 4.26. The van der Waals surface area contributed by atoms with Crippen molar-refractivity contribution in [3.8, 4) is 0 Å². The van der Waals surface area contributed by atoms with E-state index in [2.05, 4.69) is 15.2 Å². The fourth-order valence-corrected chi connectivity index (χ4v) is 3.59. The first kappa shape index (κ1) is 15.0. The van der Waals surface area contributed by atoms with E-state index in [9.17, 15) is 8.42 Å². The summed E-state index contributed by atoms with van der Waals surface area (Å²) in [7, 11) is 1.68. The van der Waals surface area contributed by atoms with Crippen molar-refractivity contribution in [1.82, 2.24) is 19.9 Å². The van der Waals surface area contributed by atoms with Crippen molar-refractivity contribution in [2.75, 3.05) is 0 Å². The average molecular weight is 319 g/mol. The predicted molar refractivity (Wildman–Crippen MR) is 72.2 cm³/mol. The average Bonchev–Trinajstić information content (AvgIpc) is 2.92. The maximum atomic E-state index is 11.7. The van der Waals surface area contributed by atoms with Crippen molar-refractivity contribution in [2.45, 2.75) is 45.1 Å². The molecule has 0 aliphatic carbocycles. The Morgan fingerprint density at radius 1 is 1.30 bits per heavy atom. The van der Waals surface area contributed by atoms with E-state index >= 15 is 0 Å². The minimum atomic E-state index is -3.83. The van der Waals surface area contributed by atoms with E-state index < -0.39 is 9.05 Å². The molecule has 2 rings (SSSR count). The van der Waals surface area contributed by atoms with Crippen LogP contribution in [0.3, 0.4) is 0 Å². The van der Waals surface area contributed by atoms with Crippen LogP contribution >= 0.6 is 10.7 Å². The number of rotatable bonds is 5. The topological polar surface area (TPSA) is 90.9 Å². The van der Waals surface area contributed by atoms with E-state index in [0.717, 1.165) is 0 Å². The van der Waals surface area contributed by atoms with Gasteiger partial charge in [-0.3, -0.25) is 4.68 Å². The van der Waals surface area contributed by atoms with Crippen LogP contribution in [0, 0.1) is 6.92 Å². The molecule has 9 heteroatoms. The van der Waals surface area contributed by atoms with Gasteiger partial charge in [0, 0.05) is 10.7 Å². The summed E-state index contributed by atoms with van der Waals surface area (Å²) in [5, 5.41) is 7.99. The summed E-state index contributed by atoms with van der Waals surface area (Å²) in [4.78, 5) is 4.18. The molecule has 0 spiro atoms. The Hall–Kier alpha value is -1.41. The first-order valence-electron chi connectivity index (χ1n) is 6.19. The number of nitrogens with zero attached hydrogens (tertiary/aromatic N) is 4. The van der Waals surface area contributed by atoms with Gasteiger partial charge in [0.15, 0.2) is 5.82 Å². The Morgan fingerprint density at radius 3 is 2.45 bits per heavy atom. The van der Waals surface area contributed by atoms with Gasteiger partial charge in [-0.15, -0.1) is 0 Å². The van der Waals surface area contributed by atoms with Gasteiger partial charge in [-0.2, -0.15) is 10.1 Å². The van der Waals surface area contributed by atoms with E-state index in [1.54, 1.807) is 11.6 Å². The lowest BCUT2D eigenvalue weighted by Gasteiger charge is -2.03. The van der Waals surface area contributed by atoms with Gasteiger partial charge in [0.2, 0.25) is 5.89 Å². The zero-order valence-electron chi connectivity index (χ0n) is 11.4. The molecule has 0 N–H and O–H groups in total. The highest BCUT2D eigenvalue weighted by Crippen LogP contribution is 2.25. The Bertz CT molecular complexity index is 720. The lowest BCUT2D eigenvalue weighted by atomic mass is 10.2. The number of hydrogen-bond donors (Lipinski definition) is 0. The Morgan fingerprint density at radius 2 is 2.00 bits per heavy atom. The maximum absolute atomic E-state index is 11.7. The summed E-state index contributed by atoms with van der Waals surface area (Å²) >= 11 is 0. The van der Waals surface area contributed by atoms with Crippen LogP contribution < -0.4 is 0 Å². The summed E-state index contributed by atoms with van der Waals surface area (Å²) < 4.78 is 30.0. The fraction of sp³-hybridized carbons (Fsp3) is 0.545. The highest BCUT2D eigenvalue weighted by Gasteiger charge is 2.26.